The molecule has 0 radical (unpaired) electrons. The number of nitrogens with two attached hydrogens (primary N) is 2. The van der Waals surface area contributed by atoms with Gasteiger partial charge in [0.1, 0.15) is 11.4 Å². The van der Waals surface area contributed by atoms with E-state index >= 15 is 0 Å². The third-order valence-electron chi connectivity index (χ3n) is 2.15. The highest BCUT2D eigenvalue weighted by atomic mass is 16.2. The van der Waals surface area contributed by atoms with E-state index < -0.39 is 5.91 Å². The minimum Gasteiger partial charge on any atom is -0.358 e. The van der Waals surface area contributed by atoms with Gasteiger partial charge in [-0.2, -0.15) is 0 Å². The molecule has 10 N–H and O–H groups in total. The maximum atomic E-state index is 11.6. The Hall–Kier alpha value is -2.35. The van der Waals surface area contributed by atoms with Crippen molar-refractivity contribution >= 4 is 17.8 Å². The molecule has 0 saturated heterocycles. The molecule has 0 unspecified atom stereocenters. The quantitative estimate of drug-likeness (QED) is 0.179. The molecule has 98 valence electrons. The molecule has 0 aromatic carbocycles. The number of guanidine groups is 1. The van der Waals surface area contributed by atoms with Crippen LogP contribution < -0.4 is 27.5 Å². The zero-order valence-electron chi connectivity index (χ0n) is 9.95. The van der Waals surface area contributed by atoms with Gasteiger partial charge >= 0.3 is 11.9 Å². The zero-order valence-corrected chi connectivity index (χ0v) is 9.95. The number of hydrogen-bond donors (Lipinski definition) is 6. The Balaban J connectivity index is 2.65. The van der Waals surface area contributed by atoms with Gasteiger partial charge in [-0.15, -0.1) is 0 Å². The molecule has 0 aliphatic rings. The molecule has 1 rings (SSSR count). The summed E-state index contributed by atoms with van der Waals surface area (Å²) in [5, 5.41) is 2.70. The Morgan fingerprint density at radius 2 is 2.00 bits per heavy atom. The second kappa shape index (κ2) is 6.40. The number of aromatic amines is 1. The van der Waals surface area contributed by atoms with Gasteiger partial charge in [0, 0.05) is 13.0 Å². The first-order valence-corrected chi connectivity index (χ1v) is 5.50. The van der Waals surface area contributed by atoms with Crippen LogP contribution in [-0.4, -0.2) is 35.8 Å². The van der Waals surface area contributed by atoms with Gasteiger partial charge in [-0.25, -0.2) is 9.79 Å². The third kappa shape index (κ3) is 3.91. The minimum absolute atomic E-state index is 0.198. The number of nitrogens with one attached hydrogen (secondary N) is 3. The summed E-state index contributed by atoms with van der Waals surface area (Å²) >= 11 is 0. The van der Waals surface area contributed by atoms with E-state index in [1.807, 2.05) is 0 Å². The molecule has 0 fully saturated rings. The highest BCUT2D eigenvalue weighted by Crippen LogP contribution is 2.00. The number of H-pyrrole nitrogens is 1. The molecule has 0 aliphatic heterocycles. The van der Waals surface area contributed by atoms with E-state index in [0.29, 0.717) is 12.2 Å². The van der Waals surface area contributed by atoms with E-state index in [1.165, 1.54) is 12.1 Å². The molecular weight excluding hydrogens is 236 g/mol. The van der Waals surface area contributed by atoms with E-state index in [2.05, 4.69) is 21.0 Å². The maximum absolute atomic E-state index is 11.6. The standard InChI is InChI=1S/C10H16N6O2/c11-4-1-5-14-8(17)6-2-3-7(15-6)9(18)16-10(12)13/h2-3,15H,1,4-5,11H2,(H,14,17)(H4,12,13,16,18)/p+2. The Labute approximate surface area is 104 Å². The van der Waals surface area contributed by atoms with Crippen molar-refractivity contribution in [1.29, 1.82) is 0 Å². The molecule has 8 nitrogen and oxygen atoms in total. The van der Waals surface area contributed by atoms with Gasteiger partial charge in [-0.05, 0) is 12.1 Å². The second-order valence-corrected chi connectivity index (χ2v) is 3.66. The van der Waals surface area contributed by atoms with Crippen LogP contribution in [0.1, 0.15) is 27.4 Å². The minimum atomic E-state index is -0.494. The lowest BCUT2D eigenvalue weighted by molar-refractivity contribution is -0.367. The van der Waals surface area contributed by atoms with Gasteiger partial charge < -0.3 is 16.0 Å². The summed E-state index contributed by atoms with van der Waals surface area (Å²) in [6, 6.07) is 3.00. The molecule has 0 atom stereocenters. The van der Waals surface area contributed by atoms with Crippen LogP contribution in [0.15, 0.2) is 12.1 Å². The monoisotopic (exact) mass is 254 g/mol. The topological polar surface area (TPSA) is 156 Å². The van der Waals surface area contributed by atoms with Gasteiger partial charge in [-0.3, -0.25) is 16.3 Å². The number of hydrogen-bond acceptors (Lipinski definition) is 2. The summed E-state index contributed by atoms with van der Waals surface area (Å²) in [5.41, 5.74) is 14.5. The number of aromatic nitrogens is 1. The first-order chi connectivity index (χ1) is 8.54. The van der Waals surface area contributed by atoms with Crippen molar-refractivity contribution in [3.63, 3.8) is 0 Å². The fourth-order valence-electron chi connectivity index (χ4n) is 1.28. The number of amides is 2. The van der Waals surface area contributed by atoms with Gasteiger partial charge in [0.2, 0.25) is 0 Å². The largest absolute Gasteiger partial charge is 0.358 e. The lowest BCUT2D eigenvalue weighted by Gasteiger charge is -2.00. The van der Waals surface area contributed by atoms with Crippen molar-refractivity contribution in [3.05, 3.63) is 23.5 Å². The van der Waals surface area contributed by atoms with Gasteiger partial charge in [0.05, 0.1) is 6.54 Å². The fourth-order valence-corrected chi connectivity index (χ4v) is 1.28. The first kappa shape index (κ1) is 13.7. The Kier molecular flexibility index (Phi) is 4.88. The number of rotatable bonds is 5. The van der Waals surface area contributed by atoms with Crippen LogP contribution >= 0.6 is 0 Å². The van der Waals surface area contributed by atoms with E-state index in [1.54, 1.807) is 0 Å². The number of carbonyl (C=O) groups is 2. The Bertz CT molecular complexity index is 461. The number of quaternary nitrogens is 1. The van der Waals surface area contributed by atoms with Crippen LogP contribution in [0.4, 0.5) is 0 Å². The van der Waals surface area contributed by atoms with Crippen molar-refractivity contribution < 1.29 is 20.3 Å². The second-order valence-electron chi connectivity index (χ2n) is 3.66. The predicted octanol–water partition coefficient (Wildman–Crippen LogP) is -4.13. The first-order valence-electron chi connectivity index (χ1n) is 5.50. The van der Waals surface area contributed by atoms with E-state index in [0.717, 1.165) is 13.0 Å². The summed E-state index contributed by atoms with van der Waals surface area (Å²) in [4.78, 5) is 28.0. The summed E-state index contributed by atoms with van der Waals surface area (Å²) < 4.78 is 0. The van der Waals surface area contributed by atoms with E-state index in [-0.39, 0.29) is 17.6 Å². The average molecular weight is 254 g/mol. The SMILES string of the molecule is NC(N)=[NH+]C(=O)c1ccc(C(=O)NCCC[NH3+])[nH]1. The molecular formula is C10H18N6O2+2. The summed E-state index contributed by atoms with van der Waals surface area (Å²) in [5.74, 6) is -0.963. The van der Waals surface area contributed by atoms with Crippen LogP contribution in [0.5, 0.6) is 0 Å². The van der Waals surface area contributed by atoms with Gasteiger partial charge in [0.25, 0.3) is 5.91 Å². The fraction of sp³-hybridized carbons (Fsp3) is 0.300. The predicted molar refractivity (Wildman–Crippen MR) is 64.2 cm³/mol. The maximum Gasteiger partial charge on any atom is 0.346 e. The van der Waals surface area contributed by atoms with Crippen LogP contribution in [0.25, 0.3) is 0 Å². The molecule has 1 aromatic heterocycles. The van der Waals surface area contributed by atoms with E-state index in [4.69, 9.17) is 11.5 Å². The molecule has 1 heterocycles. The molecule has 18 heavy (non-hydrogen) atoms. The van der Waals surface area contributed by atoms with Crippen molar-refractivity contribution in [2.24, 2.45) is 11.5 Å². The van der Waals surface area contributed by atoms with Crippen LogP contribution in [0.3, 0.4) is 0 Å². The number of carbonyl (C=O) groups excluding carboxylic acids is 2. The molecule has 0 saturated carbocycles. The van der Waals surface area contributed by atoms with Crippen molar-refractivity contribution in [1.82, 2.24) is 10.3 Å². The van der Waals surface area contributed by atoms with Crippen molar-refractivity contribution in [2.45, 2.75) is 6.42 Å². The highest BCUT2D eigenvalue weighted by molar-refractivity contribution is 5.95. The molecule has 8 heteroatoms. The van der Waals surface area contributed by atoms with Crippen molar-refractivity contribution in [2.75, 3.05) is 13.1 Å². The normalized spacial score (nSPS) is 9.83. The zero-order chi connectivity index (χ0) is 13.5. The lowest BCUT2D eigenvalue weighted by Crippen LogP contribution is -2.81. The Morgan fingerprint density at radius 1 is 1.33 bits per heavy atom. The van der Waals surface area contributed by atoms with Crippen LogP contribution in [0, 0.1) is 0 Å². The van der Waals surface area contributed by atoms with Gasteiger partial charge in [-0.1, -0.05) is 0 Å². The molecule has 2 amide bonds. The van der Waals surface area contributed by atoms with Crippen molar-refractivity contribution in [3.8, 4) is 0 Å². The lowest BCUT2D eigenvalue weighted by atomic mass is 10.3. The molecule has 0 bridgehead atoms. The van der Waals surface area contributed by atoms with Crippen LogP contribution in [0.2, 0.25) is 0 Å². The molecule has 1 aromatic rings. The van der Waals surface area contributed by atoms with Gasteiger partial charge in [0.15, 0.2) is 0 Å². The molecule has 0 aliphatic carbocycles. The summed E-state index contributed by atoms with van der Waals surface area (Å²) in [7, 11) is 0. The molecule has 0 spiro atoms. The average Bonchev–Trinajstić information content (AvgIpc) is 2.77. The highest BCUT2D eigenvalue weighted by Gasteiger charge is 2.13. The van der Waals surface area contributed by atoms with E-state index in [9.17, 15) is 9.59 Å². The Morgan fingerprint density at radius 3 is 2.61 bits per heavy atom. The summed E-state index contributed by atoms with van der Waals surface area (Å²) in [6.07, 6.45) is 0.804. The smallest absolute Gasteiger partial charge is 0.346 e. The van der Waals surface area contributed by atoms with Crippen LogP contribution in [-0.2, 0) is 0 Å². The third-order valence-corrected chi connectivity index (χ3v) is 2.15. The summed E-state index contributed by atoms with van der Waals surface area (Å²) in [6.45, 7) is 1.30.